The van der Waals surface area contributed by atoms with E-state index < -0.39 is 0 Å². The number of carbonyl (C=O) groups excluding carboxylic acids is 2. The van der Waals surface area contributed by atoms with Crippen molar-refractivity contribution < 1.29 is 14.3 Å². The summed E-state index contributed by atoms with van der Waals surface area (Å²) in [5.74, 6) is -0.105. The molecule has 4 rings (SSSR count). The van der Waals surface area contributed by atoms with E-state index in [-0.39, 0.29) is 36.3 Å². The first-order valence-electron chi connectivity index (χ1n) is 11.3. The fourth-order valence-electron chi connectivity index (χ4n) is 3.90. The van der Waals surface area contributed by atoms with Crippen molar-refractivity contribution in [3.05, 3.63) is 76.0 Å². The molecule has 1 saturated heterocycles. The topological polar surface area (TPSA) is 126 Å². The first kappa shape index (κ1) is 23.3. The molecule has 1 aliphatic heterocycles. The highest BCUT2D eigenvalue weighted by atomic mass is 16.5. The molecule has 34 heavy (non-hydrogen) atoms. The normalized spacial score (nSPS) is 15.1. The van der Waals surface area contributed by atoms with Gasteiger partial charge in [-0.3, -0.25) is 19.4 Å². The quantitative estimate of drug-likeness (QED) is 0.473. The summed E-state index contributed by atoms with van der Waals surface area (Å²) < 4.78 is 5.54. The number of ether oxygens (including phenoxy) is 1. The predicted molar refractivity (Wildman–Crippen MR) is 128 cm³/mol. The number of aromatic nitrogens is 3. The van der Waals surface area contributed by atoms with Crippen LogP contribution in [0.4, 0.5) is 5.69 Å². The first-order chi connectivity index (χ1) is 16.5. The third-order valence-corrected chi connectivity index (χ3v) is 5.74. The van der Waals surface area contributed by atoms with Crippen molar-refractivity contribution in [3.63, 3.8) is 0 Å². The van der Waals surface area contributed by atoms with Crippen LogP contribution >= 0.6 is 0 Å². The molecule has 3 N–H and O–H groups in total. The minimum Gasteiger partial charge on any atom is -0.376 e. The zero-order valence-corrected chi connectivity index (χ0v) is 19.0. The van der Waals surface area contributed by atoms with E-state index >= 15 is 0 Å². The summed E-state index contributed by atoms with van der Waals surface area (Å²) in [5.41, 5.74) is 2.31. The van der Waals surface area contributed by atoms with Gasteiger partial charge in [0, 0.05) is 48.8 Å². The third-order valence-electron chi connectivity index (χ3n) is 5.74. The highest BCUT2D eigenvalue weighted by Crippen LogP contribution is 2.17. The molecule has 3 aromatic rings. The van der Waals surface area contributed by atoms with Gasteiger partial charge in [0.05, 0.1) is 17.4 Å². The van der Waals surface area contributed by atoms with Crippen LogP contribution in [0.1, 0.15) is 40.9 Å². The van der Waals surface area contributed by atoms with Crippen molar-refractivity contribution in [2.24, 2.45) is 0 Å². The van der Waals surface area contributed by atoms with Crippen molar-refractivity contribution in [2.45, 2.75) is 38.7 Å². The van der Waals surface area contributed by atoms with Gasteiger partial charge in [-0.2, -0.15) is 0 Å². The highest BCUT2D eigenvalue weighted by Gasteiger charge is 2.19. The highest BCUT2D eigenvalue weighted by molar-refractivity contribution is 6.03. The van der Waals surface area contributed by atoms with Gasteiger partial charge in [0.1, 0.15) is 5.82 Å². The van der Waals surface area contributed by atoms with Crippen LogP contribution in [-0.2, 0) is 16.0 Å². The molecule has 2 amide bonds. The zero-order valence-electron chi connectivity index (χ0n) is 19.0. The van der Waals surface area contributed by atoms with Crippen molar-refractivity contribution in [3.8, 4) is 11.4 Å². The molecule has 2 aromatic heterocycles. The number of nitrogens with one attached hydrogen (secondary N) is 3. The van der Waals surface area contributed by atoms with Crippen molar-refractivity contribution >= 4 is 17.5 Å². The van der Waals surface area contributed by atoms with Crippen molar-refractivity contribution in [2.75, 3.05) is 18.5 Å². The lowest BCUT2D eigenvalue weighted by atomic mass is 10.1. The van der Waals surface area contributed by atoms with E-state index in [0.29, 0.717) is 34.9 Å². The van der Waals surface area contributed by atoms with Crippen LogP contribution in [-0.4, -0.2) is 46.0 Å². The molecule has 0 radical (unpaired) electrons. The maximum absolute atomic E-state index is 12.6. The molecule has 1 fully saturated rings. The standard InChI is InChI=1S/C25H27N5O4/c1-16-19(25(33)30-23(28-16)17-10-12-26-13-11-17)8-9-22(31)29-21-7-3-2-6-20(21)24(32)27-15-18-5-4-14-34-18/h2-3,6-7,10-13,18H,4-5,8-9,14-15H2,1H3,(H,27,32)(H,29,31)(H,28,30,33). The zero-order chi connectivity index (χ0) is 23.9. The Morgan fingerprint density at radius 3 is 2.71 bits per heavy atom. The van der Waals surface area contributed by atoms with Gasteiger partial charge in [-0.1, -0.05) is 12.1 Å². The second-order valence-electron chi connectivity index (χ2n) is 8.15. The Kier molecular flexibility index (Phi) is 7.44. The summed E-state index contributed by atoms with van der Waals surface area (Å²) in [6, 6.07) is 10.4. The van der Waals surface area contributed by atoms with Gasteiger partial charge in [0.25, 0.3) is 11.5 Å². The number of hydrogen-bond acceptors (Lipinski definition) is 6. The molecule has 1 aliphatic rings. The molecule has 1 aromatic carbocycles. The van der Waals surface area contributed by atoms with E-state index in [9.17, 15) is 14.4 Å². The number of para-hydroxylation sites is 1. The van der Waals surface area contributed by atoms with E-state index in [1.807, 2.05) is 0 Å². The molecule has 9 heteroatoms. The molecule has 1 atom stereocenters. The van der Waals surface area contributed by atoms with Gasteiger partial charge in [0.15, 0.2) is 0 Å². The number of anilines is 1. The van der Waals surface area contributed by atoms with Crippen LogP contribution in [0.25, 0.3) is 11.4 Å². The Bertz CT molecular complexity index is 1220. The van der Waals surface area contributed by atoms with Crippen LogP contribution in [0.2, 0.25) is 0 Å². The fraction of sp³-hybridized carbons (Fsp3) is 0.320. The minimum atomic E-state index is -0.295. The number of amides is 2. The summed E-state index contributed by atoms with van der Waals surface area (Å²) in [4.78, 5) is 49.1. The average molecular weight is 462 g/mol. The Morgan fingerprint density at radius 1 is 1.18 bits per heavy atom. The van der Waals surface area contributed by atoms with Crippen LogP contribution in [0, 0.1) is 6.92 Å². The Balaban J connectivity index is 1.38. The number of nitrogens with zero attached hydrogens (tertiary/aromatic N) is 2. The van der Waals surface area contributed by atoms with E-state index in [1.54, 1.807) is 55.7 Å². The number of benzene rings is 1. The van der Waals surface area contributed by atoms with Gasteiger partial charge in [-0.05, 0) is 50.5 Å². The van der Waals surface area contributed by atoms with Gasteiger partial charge in [0.2, 0.25) is 5.91 Å². The summed E-state index contributed by atoms with van der Waals surface area (Å²) in [6.07, 6.45) is 5.52. The minimum absolute atomic E-state index is 0.0330. The number of aryl methyl sites for hydroxylation is 1. The number of hydrogen-bond donors (Lipinski definition) is 3. The summed E-state index contributed by atoms with van der Waals surface area (Å²) >= 11 is 0. The van der Waals surface area contributed by atoms with Gasteiger partial charge in [-0.25, -0.2) is 4.98 Å². The molecule has 0 aliphatic carbocycles. The maximum Gasteiger partial charge on any atom is 0.254 e. The number of carbonyl (C=O) groups is 2. The third kappa shape index (κ3) is 5.74. The lowest BCUT2D eigenvalue weighted by Crippen LogP contribution is -2.32. The fourth-order valence-corrected chi connectivity index (χ4v) is 3.90. The summed E-state index contributed by atoms with van der Waals surface area (Å²) in [6.45, 7) is 2.91. The van der Waals surface area contributed by atoms with Crippen LogP contribution in [0.5, 0.6) is 0 Å². The van der Waals surface area contributed by atoms with Crippen LogP contribution < -0.4 is 16.2 Å². The Morgan fingerprint density at radius 2 is 1.97 bits per heavy atom. The van der Waals surface area contributed by atoms with E-state index in [0.717, 1.165) is 25.0 Å². The number of aromatic amines is 1. The molecule has 0 bridgehead atoms. The lowest BCUT2D eigenvalue weighted by Gasteiger charge is -2.14. The first-order valence-corrected chi connectivity index (χ1v) is 11.3. The molecule has 9 nitrogen and oxygen atoms in total. The predicted octanol–water partition coefficient (Wildman–Crippen LogP) is 2.62. The Hall–Kier alpha value is -3.85. The SMILES string of the molecule is Cc1nc(-c2ccncc2)[nH]c(=O)c1CCC(=O)Nc1ccccc1C(=O)NCC1CCCO1. The molecule has 3 heterocycles. The van der Waals surface area contributed by atoms with E-state index in [2.05, 4.69) is 25.6 Å². The Labute approximate surface area is 197 Å². The van der Waals surface area contributed by atoms with Gasteiger partial charge in [-0.15, -0.1) is 0 Å². The van der Waals surface area contributed by atoms with Crippen molar-refractivity contribution in [1.82, 2.24) is 20.3 Å². The average Bonchev–Trinajstić information content (AvgIpc) is 3.36. The summed E-state index contributed by atoms with van der Waals surface area (Å²) in [7, 11) is 0. The van der Waals surface area contributed by atoms with Gasteiger partial charge < -0.3 is 20.4 Å². The second kappa shape index (κ2) is 10.8. The van der Waals surface area contributed by atoms with Crippen LogP contribution in [0.3, 0.4) is 0 Å². The number of rotatable bonds is 8. The van der Waals surface area contributed by atoms with E-state index in [1.165, 1.54) is 0 Å². The maximum atomic E-state index is 12.6. The summed E-state index contributed by atoms with van der Waals surface area (Å²) in [5, 5.41) is 5.67. The monoisotopic (exact) mass is 461 g/mol. The number of H-pyrrole nitrogens is 1. The molecular formula is C25H27N5O4. The van der Waals surface area contributed by atoms with E-state index in [4.69, 9.17) is 4.74 Å². The smallest absolute Gasteiger partial charge is 0.254 e. The molecular weight excluding hydrogens is 434 g/mol. The van der Waals surface area contributed by atoms with Crippen molar-refractivity contribution in [1.29, 1.82) is 0 Å². The molecule has 1 unspecified atom stereocenters. The number of pyridine rings is 1. The molecule has 176 valence electrons. The van der Waals surface area contributed by atoms with Crippen LogP contribution in [0.15, 0.2) is 53.6 Å². The molecule has 0 spiro atoms. The van der Waals surface area contributed by atoms with Gasteiger partial charge >= 0.3 is 0 Å². The lowest BCUT2D eigenvalue weighted by molar-refractivity contribution is -0.116. The molecule has 0 saturated carbocycles. The second-order valence-corrected chi connectivity index (χ2v) is 8.15. The largest absolute Gasteiger partial charge is 0.376 e.